The lowest BCUT2D eigenvalue weighted by Crippen LogP contribution is -1.99. The molecule has 0 aliphatic carbocycles. The normalized spacial score (nSPS) is 10.6. The van der Waals surface area contributed by atoms with Crippen molar-refractivity contribution in [2.24, 2.45) is 0 Å². The van der Waals surface area contributed by atoms with E-state index < -0.39 is 5.82 Å². The van der Waals surface area contributed by atoms with E-state index in [0.717, 1.165) is 6.42 Å². The third-order valence-corrected chi connectivity index (χ3v) is 3.61. The van der Waals surface area contributed by atoms with Gasteiger partial charge in [-0.05, 0) is 30.7 Å². The van der Waals surface area contributed by atoms with Crippen LogP contribution in [-0.2, 0) is 0 Å². The second-order valence-electron chi connectivity index (χ2n) is 4.23. The van der Waals surface area contributed by atoms with Crippen molar-refractivity contribution >= 4 is 17.4 Å². The fourth-order valence-corrected chi connectivity index (χ4v) is 2.53. The molecule has 0 spiro atoms. The summed E-state index contributed by atoms with van der Waals surface area (Å²) in [4.78, 5) is 1.34. The number of nitrogens with two attached hydrogens (primary N) is 1. The first kappa shape index (κ1) is 14.7. The van der Waals surface area contributed by atoms with Crippen molar-refractivity contribution in [1.29, 1.82) is 0 Å². The highest BCUT2D eigenvalue weighted by atomic mass is 32.2. The fraction of sp³-hybridized carbons (Fsp3) is 0.200. The maximum absolute atomic E-state index is 13.7. The van der Waals surface area contributed by atoms with Gasteiger partial charge in [0.1, 0.15) is 5.82 Å². The first-order valence-electron chi connectivity index (χ1n) is 6.25. The van der Waals surface area contributed by atoms with Gasteiger partial charge in [-0.15, -0.1) is 0 Å². The van der Waals surface area contributed by atoms with E-state index in [9.17, 15) is 8.78 Å². The van der Waals surface area contributed by atoms with Gasteiger partial charge < -0.3 is 10.5 Å². The summed E-state index contributed by atoms with van der Waals surface area (Å²) >= 11 is 1.27. The molecule has 20 heavy (non-hydrogen) atoms. The van der Waals surface area contributed by atoms with Crippen LogP contribution in [0.1, 0.15) is 13.3 Å². The standard InChI is InChI=1S/C15H15F2NOS/c1-2-6-19-14-9-15(13(18)8-12(14)17)20-11-5-3-4-10(16)7-11/h3-5,7-9H,2,6,18H2,1H3. The van der Waals surface area contributed by atoms with Crippen LogP contribution in [0.25, 0.3) is 0 Å². The third kappa shape index (κ3) is 3.63. The van der Waals surface area contributed by atoms with E-state index in [0.29, 0.717) is 22.1 Å². The SMILES string of the molecule is CCCOc1cc(Sc2cccc(F)c2)c(N)cc1F. The van der Waals surface area contributed by atoms with E-state index in [1.165, 1.54) is 30.0 Å². The molecule has 0 fully saturated rings. The van der Waals surface area contributed by atoms with E-state index in [-0.39, 0.29) is 11.6 Å². The molecule has 106 valence electrons. The molecule has 0 saturated heterocycles. The Bertz CT molecular complexity index is 604. The Hall–Kier alpha value is -1.75. The van der Waals surface area contributed by atoms with Crippen LogP contribution in [0.4, 0.5) is 14.5 Å². The number of ether oxygens (including phenoxy) is 1. The van der Waals surface area contributed by atoms with Gasteiger partial charge >= 0.3 is 0 Å². The molecule has 0 amide bonds. The number of halogens is 2. The molecular formula is C15H15F2NOS. The van der Waals surface area contributed by atoms with Gasteiger partial charge in [-0.2, -0.15) is 0 Å². The van der Waals surface area contributed by atoms with Gasteiger partial charge in [0.25, 0.3) is 0 Å². The molecule has 0 saturated carbocycles. The van der Waals surface area contributed by atoms with Gasteiger partial charge in [0.2, 0.25) is 0 Å². The van der Waals surface area contributed by atoms with Crippen molar-refractivity contribution in [2.45, 2.75) is 23.1 Å². The monoisotopic (exact) mass is 295 g/mol. The van der Waals surface area contributed by atoms with Crippen LogP contribution in [0.3, 0.4) is 0 Å². The lowest BCUT2D eigenvalue weighted by molar-refractivity contribution is 0.300. The minimum atomic E-state index is -0.487. The van der Waals surface area contributed by atoms with Crippen LogP contribution in [0.15, 0.2) is 46.2 Å². The third-order valence-electron chi connectivity index (χ3n) is 2.55. The predicted molar refractivity (Wildman–Crippen MR) is 77.1 cm³/mol. The summed E-state index contributed by atoms with van der Waals surface area (Å²) in [5.41, 5.74) is 6.10. The van der Waals surface area contributed by atoms with Crippen molar-refractivity contribution in [3.63, 3.8) is 0 Å². The van der Waals surface area contributed by atoms with E-state index in [4.69, 9.17) is 10.5 Å². The Morgan fingerprint density at radius 2 is 2.00 bits per heavy atom. The Kier molecular flexibility index (Phi) is 4.84. The van der Waals surface area contributed by atoms with Crippen molar-refractivity contribution < 1.29 is 13.5 Å². The van der Waals surface area contributed by atoms with Gasteiger partial charge in [0.15, 0.2) is 11.6 Å². The molecule has 2 N–H and O–H groups in total. The Balaban J connectivity index is 2.26. The second kappa shape index (κ2) is 6.61. The molecule has 0 aliphatic heterocycles. The van der Waals surface area contributed by atoms with E-state index >= 15 is 0 Å². The highest BCUT2D eigenvalue weighted by Gasteiger charge is 2.10. The smallest absolute Gasteiger partial charge is 0.167 e. The van der Waals surface area contributed by atoms with Crippen LogP contribution < -0.4 is 10.5 Å². The molecule has 2 aromatic carbocycles. The van der Waals surface area contributed by atoms with E-state index in [1.54, 1.807) is 18.2 Å². The average molecular weight is 295 g/mol. The number of rotatable bonds is 5. The van der Waals surface area contributed by atoms with E-state index in [2.05, 4.69) is 0 Å². The summed E-state index contributed by atoms with van der Waals surface area (Å²) < 4.78 is 32.2. The highest BCUT2D eigenvalue weighted by molar-refractivity contribution is 7.99. The van der Waals surface area contributed by atoms with Crippen LogP contribution in [-0.4, -0.2) is 6.61 Å². The maximum Gasteiger partial charge on any atom is 0.167 e. The molecule has 0 bridgehead atoms. The Morgan fingerprint density at radius 3 is 2.70 bits per heavy atom. The van der Waals surface area contributed by atoms with Crippen LogP contribution in [0.5, 0.6) is 5.75 Å². The topological polar surface area (TPSA) is 35.2 Å². The summed E-state index contributed by atoms with van der Waals surface area (Å²) in [6.07, 6.45) is 0.788. The first-order chi connectivity index (χ1) is 9.60. The zero-order valence-corrected chi connectivity index (χ0v) is 11.8. The molecule has 5 heteroatoms. The molecule has 2 rings (SSSR count). The largest absolute Gasteiger partial charge is 0.490 e. The Morgan fingerprint density at radius 1 is 1.20 bits per heavy atom. The lowest BCUT2D eigenvalue weighted by atomic mass is 10.3. The Labute approximate surface area is 120 Å². The fourth-order valence-electron chi connectivity index (χ4n) is 1.62. The molecule has 0 aromatic heterocycles. The van der Waals surface area contributed by atoms with Gasteiger partial charge in [-0.25, -0.2) is 8.78 Å². The van der Waals surface area contributed by atoms with Gasteiger partial charge in [0.05, 0.1) is 6.61 Å². The van der Waals surface area contributed by atoms with Crippen molar-refractivity contribution in [3.8, 4) is 5.75 Å². The number of nitrogen functional groups attached to an aromatic ring is 1. The zero-order valence-electron chi connectivity index (χ0n) is 11.0. The summed E-state index contributed by atoms with van der Waals surface area (Å²) in [5, 5.41) is 0. The minimum Gasteiger partial charge on any atom is -0.490 e. The van der Waals surface area contributed by atoms with Gasteiger partial charge in [-0.3, -0.25) is 0 Å². The zero-order chi connectivity index (χ0) is 14.5. The van der Waals surface area contributed by atoms with Crippen molar-refractivity contribution in [3.05, 3.63) is 48.0 Å². The molecule has 0 radical (unpaired) electrons. The summed E-state index contributed by atoms with van der Waals surface area (Å²) in [6, 6.07) is 8.94. The summed E-state index contributed by atoms with van der Waals surface area (Å²) in [5.74, 6) is -0.641. The number of hydrogen-bond acceptors (Lipinski definition) is 3. The summed E-state index contributed by atoms with van der Waals surface area (Å²) in [6.45, 7) is 2.38. The molecule has 2 aromatic rings. The van der Waals surface area contributed by atoms with Crippen molar-refractivity contribution in [1.82, 2.24) is 0 Å². The molecule has 0 unspecified atom stereocenters. The van der Waals surface area contributed by atoms with Crippen LogP contribution in [0, 0.1) is 11.6 Å². The van der Waals surface area contributed by atoms with Gasteiger partial charge in [0, 0.05) is 21.5 Å². The number of benzene rings is 2. The molecular weight excluding hydrogens is 280 g/mol. The second-order valence-corrected chi connectivity index (χ2v) is 5.34. The van der Waals surface area contributed by atoms with Crippen molar-refractivity contribution in [2.75, 3.05) is 12.3 Å². The quantitative estimate of drug-likeness (QED) is 0.826. The summed E-state index contributed by atoms with van der Waals surface area (Å²) in [7, 11) is 0. The average Bonchev–Trinajstić information content (AvgIpc) is 2.40. The lowest BCUT2D eigenvalue weighted by Gasteiger charge is -2.11. The van der Waals surface area contributed by atoms with E-state index in [1.807, 2.05) is 6.92 Å². The molecule has 0 aliphatic rings. The maximum atomic E-state index is 13.7. The molecule has 0 heterocycles. The van der Waals surface area contributed by atoms with Gasteiger partial charge in [-0.1, -0.05) is 24.8 Å². The van der Waals surface area contributed by atoms with Crippen LogP contribution in [0.2, 0.25) is 0 Å². The number of hydrogen-bond donors (Lipinski definition) is 1. The highest BCUT2D eigenvalue weighted by Crippen LogP contribution is 2.36. The molecule has 2 nitrogen and oxygen atoms in total. The molecule has 0 atom stereocenters. The van der Waals surface area contributed by atoms with Crippen LogP contribution >= 0.6 is 11.8 Å². The number of anilines is 1. The predicted octanol–water partition coefficient (Wildman–Crippen LogP) is 4.49. The first-order valence-corrected chi connectivity index (χ1v) is 7.07. The minimum absolute atomic E-state index is 0.167.